The molecule has 25 heavy (non-hydrogen) atoms. The van der Waals surface area contributed by atoms with Crippen LogP contribution in [0.4, 0.5) is 5.82 Å². The van der Waals surface area contributed by atoms with E-state index >= 15 is 0 Å². The van der Waals surface area contributed by atoms with Crippen LogP contribution in [0.1, 0.15) is 6.92 Å². The predicted octanol–water partition coefficient (Wildman–Crippen LogP) is 2.04. The molecule has 1 saturated heterocycles. The Morgan fingerprint density at radius 2 is 1.80 bits per heavy atom. The van der Waals surface area contributed by atoms with Crippen LogP contribution in [-0.2, 0) is 10.0 Å². The van der Waals surface area contributed by atoms with Crippen molar-refractivity contribution in [3.63, 3.8) is 0 Å². The van der Waals surface area contributed by atoms with Crippen molar-refractivity contribution in [1.82, 2.24) is 14.3 Å². The van der Waals surface area contributed by atoms with E-state index in [4.69, 9.17) is 16.3 Å². The van der Waals surface area contributed by atoms with E-state index in [0.717, 1.165) is 0 Å². The fourth-order valence-electron chi connectivity index (χ4n) is 2.67. The molecule has 1 fully saturated rings. The molecule has 0 saturated carbocycles. The second kappa shape index (κ2) is 7.55. The Morgan fingerprint density at radius 3 is 2.40 bits per heavy atom. The van der Waals surface area contributed by atoms with Crippen LogP contribution in [0, 0.1) is 0 Å². The Hall–Kier alpha value is -1.90. The quantitative estimate of drug-likeness (QED) is 0.787. The van der Waals surface area contributed by atoms with Crippen LogP contribution in [0.2, 0.25) is 5.15 Å². The van der Waals surface area contributed by atoms with Gasteiger partial charge in [-0.05, 0) is 31.2 Å². The van der Waals surface area contributed by atoms with Gasteiger partial charge in [0.25, 0.3) is 0 Å². The van der Waals surface area contributed by atoms with Crippen molar-refractivity contribution in [2.75, 3.05) is 37.7 Å². The first-order chi connectivity index (χ1) is 12.0. The van der Waals surface area contributed by atoms with Crippen LogP contribution in [0.25, 0.3) is 0 Å². The van der Waals surface area contributed by atoms with Crippen molar-refractivity contribution < 1.29 is 13.2 Å². The van der Waals surface area contributed by atoms with Crippen LogP contribution >= 0.6 is 11.6 Å². The summed E-state index contributed by atoms with van der Waals surface area (Å²) in [5.41, 5.74) is 0. The number of anilines is 1. The average molecular weight is 383 g/mol. The summed E-state index contributed by atoms with van der Waals surface area (Å²) in [6.07, 6.45) is 3.10. The van der Waals surface area contributed by atoms with Crippen LogP contribution < -0.4 is 9.64 Å². The van der Waals surface area contributed by atoms with E-state index in [0.29, 0.717) is 49.5 Å². The lowest BCUT2D eigenvalue weighted by molar-refractivity contribution is 0.340. The maximum absolute atomic E-state index is 12.8. The number of rotatable bonds is 5. The third kappa shape index (κ3) is 4.02. The Labute approximate surface area is 152 Å². The van der Waals surface area contributed by atoms with Gasteiger partial charge in [0.2, 0.25) is 10.0 Å². The molecule has 1 aromatic heterocycles. The van der Waals surface area contributed by atoms with Crippen molar-refractivity contribution in [2.24, 2.45) is 0 Å². The Kier molecular flexibility index (Phi) is 5.41. The van der Waals surface area contributed by atoms with E-state index in [1.165, 1.54) is 10.5 Å². The molecule has 1 aliphatic heterocycles. The summed E-state index contributed by atoms with van der Waals surface area (Å²) in [6, 6.07) is 6.51. The smallest absolute Gasteiger partial charge is 0.243 e. The lowest BCUT2D eigenvalue weighted by Crippen LogP contribution is -2.48. The number of sulfonamides is 1. The minimum Gasteiger partial charge on any atom is -0.494 e. The molecule has 0 amide bonds. The number of aromatic nitrogens is 2. The second-order valence-electron chi connectivity index (χ2n) is 5.50. The molecule has 134 valence electrons. The van der Waals surface area contributed by atoms with Gasteiger partial charge in [0.05, 0.1) is 23.9 Å². The summed E-state index contributed by atoms with van der Waals surface area (Å²) in [5.74, 6) is 1.32. The highest BCUT2D eigenvalue weighted by Gasteiger charge is 2.29. The molecule has 2 aromatic rings. The molecule has 7 nitrogen and oxygen atoms in total. The first-order valence-electron chi connectivity index (χ1n) is 7.96. The summed E-state index contributed by atoms with van der Waals surface area (Å²) >= 11 is 5.86. The van der Waals surface area contributed by atoms with Crippen LogP contribution in [0.5, 0.6) is 5.75 Å². The zero-order valence-electron chi connectivity index (χ0n) is 13.8. The van der Waals surface area contributed by atoms with Gasteiger partial charge < -0.3 is 9.64 Å². The minimum absolute atomic E-state index is 0.270. The maximum Gasteiger partial charge on any atom is 0.243 e. The Bertz CT molecular complexity index is 822. The number of benzene rings is 1. The number of hydrogen-bond acceptors (Lipinski definition) is 6. The van der Waals surface area contributed by atoms with Gasteiger partial charge >= 0.3 is 0 Å². The normalized spacial score (nSPS) is 16.0. The minimum atomic E-state index is -3.52. The van der Waals surface area contributed by atoms with Gasteiger partial charge in [-0.1, -0.05) is 11.6 Å². The van der Waals surface area contributed by atoms with Crippen LogP contribution in [-0.4, -0.2) is 55.5 Å². The first kappa shape index (κ1) is 17.9. The van der Waals surface area contributed by atoms with Crippen LogP contribution in [0.3, 0.4) is 0 Å². The summed E-state index contributed by atoms with van der Waals surface area (Å²) < 4.78 is 32.4. The third-order valence-corrected chi connectivity index (χ3v) is 6.02. The van der Waals surface area contributed by atoms with Crippen LogP contribution in [0.15, 0.2) is 41.6 Å². The number of hydrogen-bond donors (Lipinski definition) is 0. The molecular formula is C16H19ClN4O3S. The Balaban J connectivity index is 1.68. The molecular weight excluding hydrogens is 364 g/mol. The molecule has 2 heterocycles. The second-order valence-corrected chi connectivity index (χ2v) is 7.82. The third-order valence-electron chi connectivity index (χ3n) is 3.93. The fraction of sp³-hybridized carbons (Fsp3) is 0.375. The van der Waals surface area contributed by atoms with E-state index in [9.17, 15) is 8.42 Å². The number of nitrogens with zero attached hydrogens (tertiary/aromatic N) is 4. The van der Waals surface area contributed by atoms with E-state index in [2.05, 4.69) is 9.97 Å². The van der Waals surface area contributed by atoms with E-state index in [1.54, 1.807) is 30.5 Å². The SMILES string of the molecule is CCOc1ccc(S(=O)(=O)N2CCN(c3cncc(Cl)n3)CC2)cc1. The molecule has 1 aromatic carbocycles. The van der Waals surface area contributed by atoms with Gasteiger partial charge in [-0.25, -0.2) is 13.4 Å². The van der Waals surface area contributed by atoms with Gasteiger partial charge in [0, 0.05) is 26.2 Å². The average Bonchev–Trinajstić information content (AvgIpc) is 2.63. The molecule has 0 aliphatic carbocycles. The standard InChI is InChI=1S/C16H19ClN4O3S/c1-2-24-13-3-5-14(6-4-13)25(22,23)21-9-7-20(8-10-21)16-12-18-11-15(17)19-16/h3-6,11-12H,2,7-10H2,1H3. The van der Waals surface area contributed by atoms with Gasteiger partial charge in [-0.15, -0.1) is 0 Å². The molecule has 9 heteroatoms. The van der Waals surface area contributed by atoms with Gasteiger partial charge in [0.1, 0.15) is 16.7 Å². The summed E-state index contributed by atoms with van der Waals surface area (Å²) in [6.45, 7) is 4.25. The molecule has 0 bridgehead atoms. The molecule has 0 spiro atoms. The van der Waals surface area contributed by atoms with Gasteiger partial charge in [-0.2, -0.15) is 4.31 Å². The molecule has 1 aliphatic rings. The van der Waals surface area contributed by atoms with Crippen molar-refractivity contribution in [3.05, 3.63) is 41.8 Å². The zero-order chi connectivity index (χ0) is 17.9. The van der Waals surface area contributed by atoms with Crippen molar-refractivity contribution in [2.45, 2.75) is 11.8 Å². The van der Waals surface area contributed by atoms with Crippen molar-refractivity contribution in [1.29, 1.82) is 0 Å². The summed E-state index contributed by atoms with van der Waals surface area (Å²) in [5, 5.41) is 0.321. The molecule has 0 radical (unpaired) electrons. The largest absolute Gasteiger partial charge is 0.494 e. The monoisotopic (exact) mass is 382 g/mol. The molecule has 3 rings (SSSR count). The van der Waals surface area contributed by atoms with Crippen molar-refractivity contribution in [3.8, 4) is 5.75 Å². The number of ether oxygens (including phenoxy) is 1. The van der Waals surface area contributed by atoms with E-state index in [-0.39, 0.29) is 4.90 Å². The van der Waals surface area contributed by atoms with E-state index < -0.39 is 10.0 Å². The summed E-state index contributed by atoms with van der Waals surface area (Å²) in [7, 11) is -3.52. The molecule has 0 N–H and O–H groups in total. The van der Waals surface area contributed by atoms with E-state index in [1.807, 2.05) is 11.8 Å². The highest BCUT2D eigenvalue weighted by molar-refractivity contribution is 7.89. The highest BCUT2D eigenvalue weighted by atomic mass is 35.5. The molecule has 0 atom stereocenters. The number of halogens is 1. The zero-order valence-corrected chi connectivity index (χ0v) is 15.4. The first-order valence-corrected chi connectivity index (χ1v) is 9.78. The predicted molar refractivity (Wildman–Crippen MR) is 95.6 cm³/mol. The lowest BCUT2D eigenvalue weighted by Gasteiger charge is -2.34. The highest BCUT2D eigenvalue weighted by Crippen LogP contribution is 2.22. The lowest BCUT2D eigenvalue weighted by atomic mass is 10.3. The Morgan fingerprint density at radius 1 is 1.12 bits per heavy atom. The topological polar surface area (TPSA) is 75.6 Å². The van der Waals surface area contributed by atoms with Crippen molar-refractivity contribution >= 4 is 27.4 Å². The molecule has 0 unspecified atom stereocenters. The fourth-order valence-corrected chi connectivity index (χ4v) is 4.23. The van der Waals surface area contributed by atoms with Gasteiger partial charge in [0.15, 0.2) is 0 Å². The summed E-state index contributed by atoms with van der Waals surface area (Å²) in [4.78, 5) is 10.5. The maximum atomic E-state index is 12.8. The number of piperazine rings is 1. The van der Waals surface area contributed by atoms with Gasteiger partial charge in [-0.3, -0.25) is 4.98 Å².